The predicted octanol–water partition coefficient (Wildman–Crippen LogP) is 0.633. The van der Waals surface area contributed by atoms with E-state index >= 15 is 0 Å². The summed E-state index contributed by atoms with van der Waals surface area (Å²) in [6, 6.07) is 9.83. The summed E-state index contributed by atoms with van der Waals surface area (Å²) in [4.78, 5) is 12.0. The summed E-state index contributed by atoms with van der Waals surface area (Å²) in [5.41, 5.74) is 1.78. The van der Waals surface area contributed by atoms with Crippen molar-refractivity contribution >= 4 is 5.91 Å². The van der Waals surface area contributed by atoms with Gasteiger partial charge in [-0.25, -0.2) is 0 Å². The molecule has 2 N–H and O–H groups in total. The lowest BCUT2D eigenvalue weighted by Crippen LogP contribution is -2.56. The Morgan fingerprint density at radius 3 is 3.00 bits per heavy atom. The Bertz CT molecular complexity index is 561. The van der Waals surface area contributed by atoms with Gasteiger partial charge in [-0.2, -0.15) is 5.10 Å². The monoisotopic (exact) mass is 256 g/mol. The molecule has 1 saturated heterocycles. The number of hydrogen-bond acceptors (Lipinski definition) is 3. The highest BCUT2D eigenvalue weighted by Crippen LogP contribution is 2.08. The van der Waals surface area contributed by atoms with Crippen LogP contribution in [-0.2, 0) is 6.54 Å². The summed E-state index contributed by atoms with van der Waals surface area (Å²) in [5, 5.41) is 10.3. The standard InChI is InChI=1S/C14H16N4O/c19-14(17-13-8-15-9-13)12-4-1-3-11(7-12)10-18-6-2-5-16-18/h1-7,13,15H,8-10H2,(H,17,19). The van der Waals surface area contributed by atoms with Gasteiger partial charge in [0.25, 0.3) is 5.91 Å². The van der Waals surface area contributed by atoms with Gasteiger partial charge in [0, 0.05) is 31.0 Å². The lowest BCUT2D eigenvalue weighted by Gasteiger charge is -2.27. The lowest BCUT2D eigenvalue weighted by molar-refractivity contribution is 0.0924. The zero-order valence-electron chi connectivity index (χ0n) is 10.5. The SMILES string of the molecule is O=C(NC1CNC1)c1cccc(Cn2cccn2)c1. The van der Waals surface area contributed by atoms with E-state index in [9.17, 15) is 4.79 Å². The van der Waals surface area contributed by atoms with Crippen LogP contribution >= 0.6 is 0 Å². The minimum atomic E-state index is -0.00573. The maximum absolute atomic E-state index is 12.0. The molecule has 1 aromatic heterocycles. The molecule has 1 fully saturated rings. The molecule has 1 amide bonds. The van der Waals surface area contributed by atoms with Gasteiger partial charge in [0.2, 0.25) is 0 Å². The van der Waals surface area contributed by atoms with Gasteiger partial charge in [0.05, 0.1) is 12.6 Å². The molecule has 19 heavy (non-hydrogen) atoms. The Balaban J connectivity index is 1.69. The molecule has 3 rings (SSSR count). The van der Waals surface area contributed by atoms with Crippen molar-refractivity contribution in [3.63, 3.8) is 0 Å². The van der Waals surface area contributed by atoms with Crippen LogP contribution in [0.15, 0.2) is 42.7 Å². The van der Waals surface area contributed by atoms with E-state index in [1.54, 1.807) is 6.20 Å². The molecule has 0 spiro atoms. The van der Waals surface area contributed by atoms with E-state index in [4.69, 9.17) is 0 Å². The van der Waals surface area contributed by atoms with Gasteiger partial charge in [-0.15, -0.1) is 0 Å². The molecule has 0 saturated carbocycles. The predicted molar refractivity (Wildman–Crippen MR) is 71.9 cm³/mol. The Hall–Kier alpha value is -2.14. The van der Waals surface area contributed by atoms with Gasteiger partial charge in [-0.1, -0.05) is 12.1 Å². The summed E-state index contributed by atoms with van der Waals surface area (Å²) < 4.78 is 1.84. The van der Waals surface area contributed by atoms with E-state index in [1.165, 1.54) is 0 Å². The number of carbonyl (C=O) groups is 1. The first-order chi connectivity index (χ1) is 9.31. The van der Waals surface area contributed by atoms with Crippen LogP contribution in [0.5, 0.6) is 0 Å². The van der Waals surface area contributed by atoms with Gasteiger partial charge in [-0.3, -0.25) is 9.48 Å². The highest BCUT2D eigenvalue weighted by molar-refractivity contribution is 5.94. The van der Waals surface area contributed by atoms with Gasteiger partial charge < -0.3 is 10.6 Å². The normalized spacial score (nSPS) is 14.9. The van der Waals surface area contributed by atoms with E-state index < -0.39 is 0 Å². The Kier molecular flexibility index (Phi) is 3.29. The van der Waals surface area contributed by atoms with Crippen LogP contribution in [0, 0.1) is 0 Å². The van der Waals surface area contributed by atoms with Gasteiger partial charge in [0.15, 0.2) is 0 Å². The Morgan fingerprint density at radius 1 is 1.42 bits per heavy atom. The van der Waals surface area contributed by atoms with Crippen molar-refractivity contribution in [2.24, 2.45) is 0 Å². The molecule has 0 atom stereocenters. The number of amides is 1. The first-order valence-corrected chi connectivity index (χ1v) is 6.39. The first-order valence-electron chi connectivity index (χ1n) is 6.39. The largest absolute Gasteiger partial charge is 0.347 e. The van der Waals surface area contributed by atoms with Gasteiger partial charge in [-0.05, 0) is 23.8 Å². The van der Waals surface area contributed by atoms with E-state index in [-0.39, 0.29) is 11.9 Å². The van der Waals surface area contributed by atoms with Crippen LogP contribution in [0.2, 0.25) is 0 Å². The van der Waals surface area contributed by atoms with Crippen LogP contribution in [-0.4, -0.2) is 34.8 Å². The highest BCUT2D eigenvalue weighted by atomic mass is 16.1. The molecule has 5 nitrogen and oxygen atoms in total. The number of carbonyl (C=O) groups excluding carboxylic acids is 1. The summed E-state index contributed by atoms with van der Waals surface area (Å²) >= 11 is 0. The quantitative estimate of drug-likeness (QED) is 0.843. The molecule has 5 heteroatoms. The van der Waals surface area contributed by atoms with Crippen molar-refractivity contribution in [2.45, 2.75) is 12.6 Å². The second-order valence-corrected chi connectivity index (χ2v) is 4.73. The van der Waals surface area contributed by atoms with Crippen LogP contribution < -0.4 is 10.6 Å². The average Bonchev–Trinajstić information content (AvgIpc) is 2.87. The molecule has 1 aliphatic rings. The number of hydrogen-bond donors (Lipinski definition) is 2. The molecule has 0 unspecified atom stereocenters. The molecule has 0 aliphatic carbocycles. The Morgan fingerprint density at radius 2 is 2.32 bits per heavy atom. The number of benzene rings is 1. The zero-order chi connectivity index (χ0) is 13.1. The van der Waals surface area contributed by atoms with E-state index in [0.29, 0.717) is 12.1 Å². The summed E-state index contributed by atoms with van der Waals surface area (Å²) in [6.45, 7) is 2.40. The molecule has 2 aromatic rings. The van der Waals surface area contributed by atoms with Crippen molar-refractivity contribution < 1.29 is 4.79 Å². The fourth-order valence-electron chi connectivity index (χ4n) is 2.05. The van der Waals surface area contributed by atoms with Crippen molar-refractivity contribution in [2.75, 3.05) is 13.1 Å². The maximum Gasteiger partial charge on any atom is 0.251 e. The highest BCUT2D eigenvalue weighted by Gasteiger charge is 2.19. The maximum atomic E-state index is 12.0. The third-order valence-corrected chi connectivity index (χ3v) is 3.21. The van der Waals surface area contributed by atoms with Gasteiger partial charge >= 0.3 is 0 Å². The molecule has 0 radical (unpaired) electrons. The summed E-state index contributed by atoms with van der Waals surface area (Å²) in [6.07, 6.45) is 3.66. The zero-order valence-corrected chi connectivity index (χ0v) is 10.5. The van der Waals surface area contributed by atoms with Crippen LogP contribution in [0.3, 0.4) is 0 Å². The molecule has 98 valence electrons. The minimum absolute atomic E-state index is 0.00573. The minimum Gasteiger partial charge on any atom is -0.347 e. The molecular weight excluding hydrogens is 240 g/mol. The smallest absolute Gasteiger partial charge is 0.251 e. The first kappa shape index (κ1) is 11.9. The van der Waals surface area contributed by atoms with Crippen LogP contribution in [0.1, 0.15) is 15.9 Å². The second kappa shape index (κ2) is 5.24. The molecule has 1 aromatic carbocycles. The second-order valence-electron chi connectivity index (χ2n) is 4.73. The lowest BCUT2D eigenvalue weighted by atomic mass is 10.1. The average molecular weight is 256 g/mol. The van der Waals surface area contributed by atoms with Crippen molar-refractivity contribution in [1.82, 2.24) is 20.4 Å². The molecule has 0 bridgehead atoms. The van der Waals surface area contributed by atoms with Crippen molar-refractivity contribution in [3.8, 4) is 0 Å². The fourth-order valence-corrected chi connectivity index (χ4v) is 2.05. The third kappa shape index (κ3) is 2.82. The van der Waals surface area contributed by atoms with Crippen molar-refractivity contribution in [1.29, 1.82) is 0 Å². The molecule has 2 heterocycles. The van der Waals surface area contributed by atoms with E-state index in [0.717, 1.165) is 18.7 Å². The van der Waals surface area contributed by atoms with Crippen LogP contribution in [0.4, 0.5) is 0 Å². The number of rotatable bonds is 4. The van der Waals surface area contributed by atoms with Crippen LogP contribution in [0.25, 0.3) is 0 Å². The number of aromatic nitrogens is 2. The topological polar surface area (TPSA) is 59.0 Å². The fraction of sp³-hybridized carbons (Fsp3) is 0.286. The summed E-state index contributed by atoms with van der Waals surface area (Å²) in [7, 11) is 0. The van der Waals surface area contributed by atoms with Gasteiger partial charge in [0.1, 0.15) is 0 Å². The molecule has 1 aliphatic heterocycles. The number of nitrogens with one attached hydrogen (secondary N) is 2. The van der Waals surface area contributed by atoms with Crippen molar-refractivity contribution in [3.05, 3.63) is 53.9 Å². The summed E-state index contributed by atoms with van der Waals surface area (Å²) in [5.74, 6) is -0.00573. The number of nitrogens with zero attached hydrogens (tertiary/aromatic N) is 2. The third-order valence-electron chi connectivity index (χ3n) is 3.21. The molecular formula is C14H16N4O. The van der Waals surface area contributed by atoms with E-state index in [1.807, 2.05) is 41.2 Å². The Labute approximate surface area is 111 Å². The van der Waals surface area contributed by atoms with E-state index in [2.05, 4.69) is 15.7 Å².